The fourth-order valence-corrected chi connectivity index (χ4v) is 4.62. The maximum Gasteiger partial charge on any atom is 0.175 e. The Morgan fingerprint density at radius 1 is 1.10 bits per heavy atom. The van der Waals surface area contributed by atoms with Crippen LogP contribution in [0.15, 0.2) is 32.9 Å². The standard InChI is InChI=1S/C15H20N2OS3/c1-11(2)13-6-4-12(5-7-13)10-20-15-17-16-14(21-15)19-9-8-18-3/h4-7,11H,8-10H2,1-3H3. The van der Waals surface area contributed by atoms with E-state index in [1.807, 2.05) is 0 Å². The minimum absolute atomic E-state index is 0.585. The van der Waals surface area contributed by atoms with Gasteiger partial charge in [-0.2, -0.15) is 0 Å². The van der Waals surface area contributed by atoms with Crippen LogP contribution in [0.2, 0.25) is 0 Å². The third kappa shape index (κ3) is 5.62. The number of rotatable bonds is 8. The van der Waals surface area contributed by atoms with Crippen molar-refractivity contribution < 1.29 is 4.74 Å². The molecule has 1 aromatic carbocycles. The molecule has 0 bridgehead atoms. The molecule has 2 aromatic rings. The zero-order chi connectivity index (χ0) is 15.1. The van der Waals surface area contributed by atoms with Gasteiger partial charge in [-0.05, 0) is 17.0 Å². The Labute approximate surface area is 138 Å². The monoisotopic (exact) mass is 340 g/mol. The molecule has 6 heteroatoms. The topological polar surface area (TPSA) is 35.0 Å². The van der Waals surface area contributed by atoms with Crippen molar-refractivity contribution in [2.75, 3.05) is 19.5 Å². The molecule has 0 aliphatic rings. The molecule has 3 nitrogen and oxygen atoms in total. The van der Waals surface area contributed by atoms with E-state index < -0.39 is 0 Å². The Balaban J connectivity index is 1.82. The van der Waals surface area contributed by atoms with E-state index in [2.05, 4.69) is 48.3 Å². The normalized spacial score (nSPS) is 11.2. The summed E-state index contributed by atoms with van der Waals surface area (Å²) in [5.74, 6) is 2.45. The number of nitrogens with zero attached hydrogens (tertiary/aromatic N) is 2. The van der Waals surface area contributed by atoms with Crippen LogP contribution in [0, 0.1) is 0 Å². The predicted molar refractivity (Wildman–Crippen MR) is 92.6 cm³/mol. The summed E-state index contributed by atoms with van der Waals surface area (Å²) in [5.41, 5.74) is 2.71. The molecule has 0 saturated heterocycles. The second-order valence-electron chi connectivity index (χ2n) is 4.86. The average Bonchev–Trinajstić information content (AvgIpc) is 2.94. The summed E-state index contributed by atoms with van der Waals surface area (Å²) in [6, 6.07) is 8.84. The summed E-state index contributed by atoms with van der Waals surface area (Å²) in [7, 11) is 1.71. The number of methoxy groups -OCH3 is 1. The zero-order valence-corrected chi connectivity index (χ0v) is 15.0. The summed E-state index contributed by atoms with van der Waals surface area (Å²) >= 11 is 5.11. The van der Waals surface area contributed by atoms with Gasteiger partial charge in [-0.1, -0.05) is 73.0 Å². The van der Waals surface area contributed by atoms with Crippen LogP contribution in [0.1, 0.15) is 30.9 Å². The molecule has 0 aliphatic heterocycles. The average molecular weight is 341 g/mol. The van der Waals surface area contributed by atoms with Gasteiger partial charge in [0.05, 0.1) is 6.61 Å². The molecule has 1 heterocycles. The van der Waals surface area contributed by atoms with Gasteiger partial charge >= 0.3 is 0 Å². The number of benzene rings is 1. The van der Waals surface area contributed by atoms with Crippen molar-refractivity contribution >= 4 is 34.9 Å². The summed E-state index contributed by atoms with van der Waals surface area (Å²) in [6.45, 7) is 5.18. The number of hydrogen-bond acceptors (Lipinski definition) is 6. The van der Waals surface area contributed by atoms with Gasteiger partial charge < -0.3 is 4.74 Å². The molecule has 0 amide bonds. The van der Waals surface area contributed by atoms with Gasteiger partial charge in [0.25, 0.3) is 0 Å². The largest absolute Gasteiger partial charge is 0.384 e. The van der Waals surface area contributed by atoms with Gasteiger partial charge in [-0.3, -0.25) is 0 Å². The minimum Gasteiger partial charge on any atom is -0.384 e. The van der Waals surface area contributed by atoms with E-state index in [4.69, 9.17) is 4.74 Å². The second-order valence-corrected chi connectivity index (χ2v) is 8.40. The molecular formula is C15H20N2OS3. The molecule has 1 aromatic heterocycles. The Kier molecular flexibility index (Phi) is 7.03. The number of thioether (sulfide) groups is 2. The molecule has 21 heavy (non-hydrogen) atoms. The van der Waals surface area contributed by atoms with E-state index in [-0.39, 0.29) is 0 Å². The van der Waals surface area contributed by atoms with Gasteiger partial charge in [-0.25, -0.2) is 0 Å². The molecule has 0 atom stereocenters. The van der Waals surface area contributed by atoms with Gasteiger partial charge in [0.2, 0.25) is 0 Å². The highest BCUT2D eigenvalue weighted by molar-refractivity contribution is 8.02. The molecule has 0 fully saturated rings. The number of ether oxygens (including phenoxy) is 1. The van der Waals surface area contributed by atoms with Crippen LogP contribution in [0.3, 0.4) is 0 Å². The van der Waals surface area contributed by atoms with Gasteiger partial charge in [0.15, 0.2) is 8.68 Å². The van der Waals surface area contributed by atoms with E-state index in [9.17, 15) is 0 Å². The molecule has 0 N–H and O–H groups in total. The highest BCUT2D eigenvalue weighted by Crippen LogP contribution is 2.30. The van der Waals surface area contributed by atoms with E-state index in [0.717, 1.165) is 26.8 Å². The molecule has 0 spiro atoms. The lowest BCUT2D eigenvalue weighted by Crippen LogP contribution is -1.90. The summed E-state index contributed by atoms with van der Waals surface area (Å²) in [5, 5.41) is 8.42. The van der Waals surface area contributed by atoms with Crippen molar-refractivity contribution in [1.82, 2.24) is 10.2 Å². The van der Waals surface area contributed by atoms with Crippen LogP contribution >= 0.6 is 34.9 Å². The van der Waals surface area contributed by atoms with Crippen molar-refractivity contribution in [2.24, 2.45) is 0 Å². The number of hydrogen-bond donors (Lipinski definition) is 0. The molecule has 0 saturated carbocycles. The van der Waals surface area contributed by atoms with Crippen molar-refractivity contribution in [2.45, 2.75) is 34.2 Å². The van der Waals surface area contributed by atoms with E-state index >= 15 is 0 Å². The molecule has 0 radical (unpaired) electrons. The Morgan fingerprint density at radius 3 is 2.38 bits per heavy atom. The van der Waals surface area contributed by atoms with Crippen molar-refractivity contribution in [3.8, 4) is 0 Å². The van der Waals surface area contributed by atoms with Crippen molar-refractivity contribution in [3.63, 3.8) is 0 Å². The predicted octanol–water partition coefficient (Wildman–Crippen LogP) is 4.69. The third-order valence-corrected chi connectivity index (χ3v) is 6.13. The quantitative estimate of drug-likeness (QED) is 0.514. The number of aromatic nitrogens is 2. The summed E-state index contributed by atoms with van der Waals surface area (Å²) in [6.07, 6.45) is 0. The summed E-state index contributed by atoms with van der Waals surface area (Å²) in [4.78, 5) is 0. The highest BCUT2D eigenvalue weighted by atomic mass is 32.2. The first kappa shape index (κ1) is 16.8. The highest BCUT2D eigenvalue weighted by Gasteiger charge is 2.06. The smallest absolute Gasteiger partial charge is 0.175 e. The lowest BCUT2D eigenvalue weighted by atomic mass is 10.0. The SMILES string of the molecule is COCCSc1nnc(SCc2ccc(C(C)C)cc2)s1. The van der Waals surface area contributed by atoms with Crippen LogP contribution in [-0.4, -0.2) is 29.7 Å². The van der Waals surface area contributed by atoms with Crippen LogP contribution in [0.4, 0.5) is 0 Å². The fourth-order valence-electron chi connectivity index (χ4n) is 1.67. The van der Waals surface area contributed by atoms with Crippen LogP contribution in [0.25, 0.3) is 0 Å². The molecule has 0 aliphatic carbocycles. The molecule has 0 unspecified atom stereocenters. The molecule has 114 valence electrons. The van der Waals surface area contributed by atoms with E-state index in [1.54, 1.807) is 42.0 Å². The van der Waals surface area contributed by atoms with Crippen LogP contribution in [0.5, 0.6) is 0 Å². The lowest BCUT2D eigenvalue weighted by molar-refractivity contribution is 0.218. The lowest BCUT2D eigenvalue weighted by Gasteiger charge is -2.05. The first-order valence-corrected chi connectivity index (χ1v) is 9.64. The van der Waals surface area contributed by atoms with Gasteiger partial charge in [-0.15, -0.1) is 10.2 Å². The van der Waals surface area contributed by atoms with Crippen LogP contribution < -0.4 is 0 Å². The maximum absolute atomic E-state index is 5.03. The Morgan fingerprint density at radius 2 is 1.76 bits per heavy atom. The Hall–Kier alpha value is -0.560. The second kappa shape index (κ2) is 8.78. The summed E-state index contributed by atoms with van der Waals surface area (Å²) < 4.78 is 7.08. The molecular weight excluding hydrogens is 320 g/mol. The van der Waals surface area contributed by atoms with E-state index in [1.165, 1.54) is 11.1 Å². The van der Waals surface area contributed by atoms with Crippen molar-refractivity contribution in [3.05, 3.63) is 35.4 Å². The van der Waals surface area contributed by atoms with Gasteiger partial charge in [0.1, 0.15) is 0 Å². The Bertz CT molecular complexity index is 540. The fraction of sp³-hybridized carbons (Fsp3) is 0.467. The van der Waals surface area contributed by atoms with E-state index in [0.29, 0.717) is 5.92 Å². The zero-order valence-electron chi connectivity index (χ0n) is 12.5. The maximum atomic E-state index is 5.03. The van der Waals surface area contributed by atoms with Crippen LogP contribution in [-0.2, 0) is 10.5 Å². The molecule has 2 rings (SSSR count). The first-order valence-electron chi connectivity index (χ1n) is 6.86. The van der Waals surface area contributed by atoms with Crippen molar-refractivity contribution in [1.29, 1.82) is 0 Å². The first-order chi connectivity index (χ1) is 10.2. The minimum atomic E-state index is 0.585. The van der Waals surface area contributed by atoms with Gasteiger partial charge in [0, 0.05) is 18.6 Å². The third-order valence-electron chi connectivity index (χ3n) is 2.91.